The Hall–Kier alpha value is -3.28. The molecule has 158 valence electrons. The van der Waals surface area contributed by atoms with Gasteiger partial charge in [-0.05, 0) is 36.2 Å². The van der Waals surface area contributed by atoms with E-state index < -0.39 is 6.68 Å². The van der Waals surface area contributed by atoms with Crippen LogP contribution in [0.15, 0.2) is 78.9 Å². The zero-order valence-electron chi connectivity index (χ0n) is 16.5. The van der Waals surface area contributed by atoms with E-state index >= 15 is 0 Å². The van der Waals surface area contributed by atoms with E-state index in [2.05, 4.69) is 12.1 Å². The quantitative estimate of drug-likeness (QED) is 0.397. The molecule has 0 heterocycles. The van der Waals surface area contributed by atoms with Crippen LogP contribution in [-0.4, -0.2) is 19.6 Å². The molecule has 0 fully saturated rings. The number of ether oxygens (including phenoxy) is 2. The van der Waals surface area contributed by atoms with Crippen molar-refractivity contribution in [3.63, 3.8) is 0 Å². The molecule has 3 nitrogen and oxygen atoms in total. The lowest BCUT2D eigenvalue weighted by Crippen LogP contribution is -2.07. The molecule has 0 aliphatic rings. The first-order valence-electron chi connectivity index (χ1n) is 9.39. The minimum Gasteiger partial charge on any atom is -0.489 e. The summed E-state index contributed by atoms with van der Waals surface area (Å²) in [6.45, 7) is -1.14. The Morgan fingerprint density at radius 1 is 0.867 bits per heavy atom. The second kappa shape index (κ2) is 12.3. The number of carbonyl (C=O) groups is 1. The molecule has 1 atom stereocenters. The van der Waals surface area contributed by atoms with Gasteiger partial charge in [0, 0.05) is 12.0 Å². The van der Waals surface area contributed by atoms with Crippen molar-refractivity contribution in [3.8, 4) is 11.5 Å². The minimum absolute atomic E-state index is 0.144. The molecule has 1 unspecified atom stereocenters. The highest BCUT2D eigenvalue weighted by atomic mass is 19.4. The van der Waals surface area contributed by atoms with Gasteiger partial charge in [-0.15, -0.1) is 0 Å². The van der Waals surface area contributed by atoms with Crippen molar-refractivity contribution in [2.75, 3.05) is 6.61 Å². The summed E-state index contributed by atoms with van der Waals surface area (Å²) in [4.78, 5) is 11.1. The van der Waals surface area contributed by atoms with E-state index in [4.69, 9.17) is 9.47 Å². The third-order valence-corrected chi connectivity index (χ3v) is 4.17. The molecular weight excluding hydrogens is 393 g/mol. The van der Waals surface area contributed by atoms with E-state index in [1.807, 2.05) is 55.5 Å². The Kier molecular flexibility index (Phi) is 9.45. The van der Waals surface area contributed by atoms with E-state index in [1.165, 1.54) is 5.56 Å². The van der Waals surface area contributed by atoms with Gasteiger partial charge in [-0.25, -0.2) is 0 Å². The first-order chi connectivity index (χ1) is 14.5. The lowest BCUT2D eigenvalue weighted by Gasteiger charge is -2.18. The number of hydrogen-bond donors (Lipinski definition) is 0. The van der Waals surface area contributed by atoms with Crippen molar-refractivity contribution in [1.29, 1.82) is 0 Å². The Bertz CT molecular complexity index is 884. The highest BCUT2D eigenvalue weighted by Crippen LogP contribution is 2.32. The van der Waals surface area contributed by atoms with Crippen molar-refractivity contribution < 1.29 is 27.4 Å². The summed E-state index contributed by atoms with van der Waals surface area (Å²) in [6, 6.07) is 25.4. The highest BCUT2D eigenvalue weighted by Gasteiger charge is 2.12. The lowest BCUT2D eigenvalue weighted by molar-refractivity contribution is 0.00818. The van der Waals surface area contributed by atoms with Gasteiger partial charge in [-0.2, -0.15) is 13.2 Å². The molecule has 0 aromatic heterocycles. The maximum atomic E-state index is 11.1. The van der Waals surface area contributed by atoms with Crippen LogP contribution in [0.1, 0.15) is 34.5 Å². The second-order valence-electron chi connectivity index (χ2n) is 6.33. The summed E-state index contributed by atoms with van der Waals surface area (Å²) >= 11 is 0. The van der Waals surface area contributed by atoms with Gasteiger partial charge < -0.3 is 9.47 Å². The van der Waals surface area contributed by atoms with E-state index in [0.717, 1.165) is 18.3 Å². The van der Waals surface area contributed by atoms with Gasteiger partial charge in [0.2, 0.25) is 0 Å². The first kappa shape index (κ1) is 23.0. The first-order valence-corrected chi connectivity index (χ1v) is 9.39. The summed E-state index contributed by atoms with van der Waals surface area (Å²) < 4.78 is 41.0. The molecule has 0 amide bonds. The normalized spacial score (nSPS) is 11.2. The van der Waals surface area contributed by atoms with Crippen LogP contribution in [0.3, 0.4) is 0 Å². The standard InChI is InChI=1S/C23H22O3.CHF3/c1-18(21-10-6-3-7-11-21)26-23-16-20(17-24)12-13-22(23)25-15-14-19-8-4-2-5-9-19;2-1(3)4/h2-13,16-18H,14-15H2,1H3;1H. The number of alkyl halides is 3. The Morgan fingerprint density at radius 2 is 1.47 bits per heavy atom. The lowest BCUT2D eigenvalue weighted by atomic mass is 10.1. The van der Waals surface area contributed by atoms with Gasteiger partial charge in [0.25, 0.3) is 0 Å². The van der Waals surface area contributed by atoms with Gasteiger partial charge in [0.15, 0.2) is 11.5 Å². The van der Waals surface area contributed by atoms with E-state index in [0.29, 0.717) is 23.7 Å². The molecule has 3 rings (SSSR count). The molecular formula is C24H23F3O3. The molecule has 3 aromatic rings. The third-order valence-electron chi connectivity index (χ3n) is 4.17. The fraction of sp³-hybridized carbons (Fsp3) is 0.208. The zero-order valence-corrected chi connectivity index (χ0v) is 16.5. The maximum Gasteiger partial charge on any atom is 0.379 e. The molecule has 0 N–H and O–H groups in total. The Morgan fingerprint density at radius 3 is 2.07 bits per heavy atom. The predicted octanol–water partition coefficient (Wildman–Crippen LogP) is 6.44. The molecule has 0 aliphatic carbocycles. The highest BCUT2D eigenvalue weighted by molar-refractivity contribution is 5.76. The molecule has 0 spiro atoms. The molecule has 3 aromatic carbocycles. The average Bonchev–Trinajstić information content (AvgIpc) is 2.75. The Balaban J connectivity index is 0.000000735. The van der Waals surface area contributed by atoms with Crippen LogP contribution in [0.25, 0.3) is 0 Å². The molecule has 30 heavy (non-hydrogen) atoms. The van der Waals surface area contributed by atoms with Crippen molar-refractivity contribution >= 4 is 6.29 Å². The van der Waals surface area contributed by atoms with Crippen molar-refractivity contribution in [3.05, 3.63) is 95.6 Å². The largest absolute Gasteiger partial charge is 0.489 e. The number of rotatable bonds is 8. The fourth-order valence-electron chi connectivity index (χ4n) is 2.72. The number of carbonyl (C=O) groups excluding carboxylic acids is 1. The molecule has 0 saturated carbocycles. The number of hydrogen-bond acceptors (Lipinski definition) is 3. The maximum absolute atomic E-state index is 11.1. The molecule has 0 bridgehead atoms. The van der Waals surface area contributed by atoms with Crippen LogP contribution in [0.5, 0.6) is 11.5 Å². The summed E-state index contributed by atoms with van der Waals surface area (Å²) in [5.74, 6) is 1.23. The fourth-order valence-corrected chi connectivity index (χ4v) is 2.72. The molecule has 0 saturated heterocycles. The number of halogens is 3. The van der Waals surface area contributed by atoms with Crippen molar-refractivity contribution in [2.45, 2.75) is 26.1 Å². The van der Waals surface area contributed by atoms with Crippen molar-refractivity contribution in [1.82, 2.24) is 0 Å². The number of aldehydes is 1. The summed E-state index contributed by atoms with van der Waals surface area (Å²) in [5.41, 5.74) is 2.85. The van der Waals surface area contributed by atoms with Crippen molar-refractivity contribution in [2.24, 2.45) is 0 Å². The average molecular weight is 416 g/mol. The van der Waals surface area contributed by atoms with E-state index in [-0.39, 0.29) is 6.10 Å². The topological polar surface area (TPSA) is 35.5 Å². The molecule has 0 aliphatic heterocycles. The van der Waals surface area contributed by atoms with Crippen LogP contribution in [0.2, 0.25) is 0 Å². The van der Waals surface area contributed by atoms with Gasteiger partial charge in [-0.3, -0.25) is 4.79 Å². The van der Waals surface area contributed by atoms with Gasteiger partial charge in [-0.1, -0.05) is 60.7 Å². The monoisotopic (exact) mass is 416 g/mol. The SMILES string of the molecule is CC(Oc1cc(C=O)ccc1OCCc1ccccc1)c1ccccc1.FC(F)F. The summed E-state index contributed by atoms with van der Waals surface area (Å²) in [6.07, 6.45) is 1.48. The van der Waals surface area contributed by atoms with E-state index in [9.17, 15) is 18.0 Å². The Labute approximate surface area is 174 Å². The second-order valence-corrected chi connectivity index (χ2v) is 6.33. The van der Waals surface area contributed by atoms with Crippen LogP contribution in [-0.2, 0) is 6.42 Å². The van der Waals surface area contributed by atoms with Gasteiger partial charge in [0.1, 0.15) is 12.4 Å². The van der Waals surface area contributed by atoms with Crippen LogP contribution >= 0.6 is 0 Å². The van der Waals surface area contributed by atoms with E-state index in [1.54, 1.807) is 18.2 Å². The minimum atomic E-state index is -3.67. The van der Waals surface area contributed by atoms with Crippen LogP contribution in [0.4, 0.5) is 13.2 Å². The summed E-state index contributed by atoms with van der Waals surface area (Å²) in [7, 11) is 0. The number of benzene rings is 3. The zero-order chi connectivity index (χ0) is 21.8. The smallest absolute Gasteiger partial charge is 0.379 e. The molecule has 0 radical (unpaired) electrons. The summed E-state index contributed by atoms with van der Waals surface area (Å²) in [5, 5.41) is 0. The van der Waals surface area contributed by atoms with Crippen LogP contribution in [0, 0.1) is 0 Å². The molecule has 6 heteroatoms. The van der Waals surface area contributed by atoms with Gasteiger partial charge in [0.05, 0.1) is 6.61 Å². The predicted molar refractivity (Wildman–Crippen MR) is 110 cm³/mol. The van der Waals surface area contributed by atoms with Crippen LogP contribution < -0.4 is 9.47 Å². The van der Waals surface area contributed by atoms with Gasteiger partial charge >= 0.3 is 6.68 Å². The third kappa shape index (κ3) is 7.99.